The maximum Gasteiger partial charge on any atom is 0.0924 e. The first-order valence-electron chi connectivity index (χ1n) is 4.27. The SMILES string of the molecule is C#Cc1ccsc1C#CCC(C)C. The highest BCUT2D eigenvalue weighted by atomic mass is 32.1. The van der Waals surface area contributed by atoms with E-state index in [9.17, 15) is 0 Å². The van der Waals surface area contributed by atoms with E-state index in [-0.39, 0.29) is 0 Å². The summed E-state index contributed by atoms with van der Waals surface area (Å²) in [5.74, 6) is 9.48. The van der Waals surface area contributed by atoms with Crippen molar-refractivity contribution in [2.24, 2.45) is 5.92 Å². The van der Waals surface area contributed by atoms with Gasteiger partial charge in [-0.3, -0.25) is 0 Å². The van der Waals surface area contributed by atoms with Gasteiger partial charge in [-0.05, 0) is 17.4 Å². The van der Waals surface area contributed by atoms with E-state index in [1.807, 2.05) is 11.4 Å². The van der Waals surface area contributed by atoms with Crippen LogP contribution < -0.4 is 0 Å². The van der Waals surface area contributed by atoms with Crippen LogP contribution >= 0.6 is 11.3 Å². The molecule has 0 aliphatic carbocycles. The molecule has 0 saturated heterocycles. The van der Waals surface area contributed by atoms with Crippen molar-refractivity contribution in [3.63, 3.8) is 0 Å². The zero-order chi connectivity index (χ0) is 9.68. The Hall–Kier alpha value is -1.18. The molecule has 1 aromatic rings. The third-order valence-electron chi connectivity index (χ3n) is 1.53. The molecule has 0 amide bonds. The van der Waals surface area contributed by atoms with Gasteiger partial charge in [0.05, 0.1) is 10.4 Å². The summed E-state index contributed by atoms with van der Waals surface area (Å²) in [7, 11) is 0. The van der Waals surface area contributed by atoms with Gasteiger partial charge in [0.1, 0.15) is 0 Å². The van der Waals surface area contributed by atoms with Gasteiger partial charge in [0.2, 0.25) is 0 Å². The zero-order valence-corrected chi connectivity index (χ0v) is 8.74. The quantitative estimate of drug-likeness (QED) is 0.594. The van der Waals surface area contributed by atoms with Crippen LogP contribution in [0.5, 0.6) is 0 Å². The highest BCUT2D eigenvalue weighted by molar-refractivity contribution is 7.10. The van der Waals surface area contributed by atoms with Crippen molar-refractivity contribution in [2.75, 3.05) is 0 Å². The van der Waals surface area contributed by atoms with Gasteiger partial charge in [-0.25, -0.2) is 0 Å². The predicted molar refractivity (Wildman–Crippen MR) is 58.6 cm³/mol. The lowest BCUT2D eigenvalue weighted by molar-refractivity contribution is 0.676. The third-order valence-corrected chi connectivity index (χ3v) is 2.36. The molecule has 0 radical (unpaired) electrons. The zero-order valence-electron chi connectivity index (χ0n) is 7.92. The van der Waals surface area contributed by atoms with Crippen LogP contribution in [-0.4, -0.2) is 0 Å². The van der Waals surface area contributed by atoms with Gasteiger partial charge in [-0.15, -0.1) is 17.8 Å². The standard InChI is InChI=1S/C12H12S/c1-4-11-8-9-13-12(11)7-5-6-10(2)3/h1,8-10H,6H2,2-3H3. The fourth-order valence-electron chi connectivity index (χ4n) is 0.855. The maximum absolute atomic E-state index is 5.32. The fraction of sp³-hybridized carbons (Fsp3) is 0.333. The Kier molecular flexibility index (Phi) is 3.62. The number of hydrogen-bond acceptors (Lipinski definition) is 1. The van der Waals surface area contributed by atoms with Crippen molar-refractivity contribution in [1.29, 1.82) is 0 Å². The summed E-state index contributed by atoms with van der Waals surface area (Å²) in [5.41, 5.74) is 0.918. The number of terminal acetylenes is 1. The van der Waals surface area contributed by atoms with Crippen molar-refractivity contribution in [3.05, 3.63) is 21.9 Å². The van der Waals surface area contributed by atoms with Crippen molar-refractivity contribution >= 4 is 11.3 Å². The summed E-state index contributed by atoms with van der Waals surface area (Å²) in [4.78, 5) is 1.02. The minimum Gasteiger partial charge on any atom is -0.134 e. The van der Waals surface area contributed by atoms with E-state index in [1.165, 1.54) is 0 Å². The topological polar surface area (TPSA) is 0 Å². The lowest BCUT2D eigenvalue weighted by Gasteiger charge is -1.92. The van der Waals surface area contributed by atoms with E-state index >= 15 is 0 Å². The van der Waals surface area contributed by atoms with E-state index in [0.29, 0.717) is 5.92 Å². The number of hydrogen-bond donors (Lipinski definition) is 0. The first kappa shape index (κ1) is 9.90. The Bertz CT molecular complexity index is 366. The van der Waals surface area contributed by atoms with Gasteiger partial charge in [0, 0.05) is 6.42 Å². The summed E-state index contributed by atoms with van der Waals surface area (Å²) >= 11 is 1.61. The van der Waals surface area contributed by atoms with E-state index < -0.39 is 0 Å². The second kappa shape index (κ2) is 4.75. The molecule has 0 N–H and O–H groups in total. The van der Waals surface area contributed by atoms with E-state index in [1.54, 1.807) is 11.3 Å². The highest BCUT2D eigenvalue weighted by Crippen LogP contribution is 2.13. The van der Waals surface area contributed by atoms with Crippen LogP contribution in [0.1, 0.15) is 30.7 Å². The van der Waals surface area contributed by atoms with Gasteiger partial charge in [-0.2, -0.15) is 0 Å². The fourth-order valence-corrected chi connectivity index (χ4v) is 1.58. The van der Waals surface area contributed by atoms with Crippen molar-refractivity contribution in [1.82, 2.24) is 0 Å². The first-order chi connectivity index (χ1) is 6.24. The van der Waals surface area contributed by atoms with Crippen LogP contribution in [-0.2, 0) is 0 Å². The molecule has 1 aromatic heterocycles. The van der Waals surface area contributed by atoms with Gasteiger partial charge in [0.15, 0.2) is 0 Å². The van der Waals surface area contributed by atoms with Gasteiger partial charge in [0.25, 0.3) is 0 Å². The Morgan fingerprint density at radius 1 is 1.54 bits per heavy atom. The van der Waals surface area contributed by atoms with Crippen LogP contribution in [0.3, 0.4) is 0 Å². The van der Waals surface area contributed by atoms with Gasteiger partial charge < -0.3 is 0 Å². The summed E-state index contributed by atoms with van der Waals surface area (Å²) in [5, 5.41) is 1.98. The molecular formula is C12H12S. The van der Waals surface area contributed by atoms with Crippen molar-refractivity contribution in [2.45, 2.75) is 20.3 Å². The van der Waals surface area contributed by atoms with Crippen LogP contribution in [0.15, 0.2) is 11.4 Å². The molecule has 0 aromatic carbocycles. The lowest BCUT2D eigenvalue weighted by Crippen LogP contribution is -1.82. The summed E-state index contributed by atoms with van der Waals surface area (Å²) in [6.45, 7) is 4.32. The Morgan fingerprint density at radius 3 is 2.92 bits per heavy atom. The van der Waals surface area contributed by atoms with Gasteiger partial charge >= 0.3 is 0 Å². The first-order valence-corrected chi connectivity index (χ1v) is 5.15. The van der Waals surface area contributed by atoms with Crippen molar-refractivity contribution in [3.8, 4) is 24.2 Å². The molecule has 0 atom stereocenters. The molecule has 66 valence electrons. The predicted octanol–water partition coefficient (Wildman–Crippen LogP) is 3.13. The number of rotatable bonds is 1. The van der Waals surface area contributed by atoms with Crippen molar-refractivity contribution < 1.29 is 0 Å². The lowest BCUT2D eigenvalue weighted by atomic mass is 10.1. The molecule has 0 fully saturated rings. The molecule has 0 aliphatic heterocycles. The molecule has 1 heteroatoms. The normalized spacial score (nSPS) is 9.08. The Morgan fingerprint density at radius 2 is 2.31 bits per heavy atom. The van der Waals surface area contributed by atoms with Crippen LogP contribution in [0.2, 0.25) is 0 Å². The van der Waals surface area contributed by atoms with Crippen LogP contribution in [0.4, 0.5) is 0 Å². The molecule has 1 rings (SSSR count). The minimum atomic E-state index is 0.627. The maximum atomic E-state index is 5.32. The molecule has 13 heavy (non-hydrogen) atoms. The van der Waals surface area contributed by atoms with E-state index in [4.69, 9.17) is 6.42 Å². The minimum absolute atomic E-state index is 0.627. The van der Waals surface area contributed by atoms with Crippen LogP contribution in [0, 0.1) is 30.1 Å². The molecule has 0 bridgehead atoms. The summed E-state index contributed by atoms with van der Waals surface area (Å²) in [6.07, 6.45) is 6.25. The molecule has 0 unspecified atom stereocenters. The highest BCUT2D eigenvalue weighted by Gasteiger charge is 1.96. The second-order valence-electron chi connectivity index (χ2n) is 3.21. The monoisotopic (exact) mass is 188 g/mol. The Labute approximate surface area is 84.0 Å². The van der Waals surface area contributed by atoms with E-state index in [0.717, 1.165) is 16.9 Å². The average Bonchev–Trinajstić information content (AvgIpc) is 2.51. The van der Waals surface area contributed by atoms with E-state index in [2.05, 4.69) is 31.6 Å². The molecule has 0 nitrogen and oxygen atoms in total. The average molecular weight is 188 g/mol. The molecule has 1 heterocycles. The summed E-state index contributed by atoms with van der Waals surface area (Å²) < 4.78 is 0. The molecule has 0 spiro atoms. The second-order valence-corrected chi connectivity index (χ2v) is 4.12. The molecular weight excluding hydrogens is 176 g/mol. The number of thiophene rings is 1. The molecule has 0 saturated carbocycles. The summed E-state index contributed by atoms with van der Waals surface area (Å²) in [6, 6.07) is 1.93. The van der Waals surface area contributed by atoms with Gasteiger partial charge in [-0.1, -0.05) is 31.6 Å². The smallest absolute Gasteiger partial charge is 0.0924 e. The third kappa shape index (κ3) is 2.98. The Balaban J connectivity index is 2.72. The molecule has 0 aliphatic rings. The van der Waals surface area contributed by atoms with Crippen LogP contribution in [0.25, 0.3) is 0 Å². The largest absolute Gasteiger partial charge is 0.134 e.